The Morgan fingerprint density at radius 2 is 1.70 bits per heavy atom. The topological polar surface area (TPSA) is 28.7 Å². The maximum absolute atomic E-state index is 6.46. The van der Waals surface area contributed by atoms with Crippen LogP contribution in [0.5, 0.6) is 0 Å². The van der Waals surface area contributed by atoms with E-state index in [0.717, 1.165) is 56.7 Å². The lowest BCUT2D eigenvalue weighted by molar-refractivity contribution is 1.32. The molecule has 3 aromatic carbocycles. The summed E-state index contributed by atoms with van der Waals surface area (Å²) in [6, 6.07) is 11.8. The van der Waals surface area contributed by atoms with Crippen LogP contribution in [0.4, 0.5) is 0 Å². The molecule has 134 valence electrons. The minimum atomic E-state index is 0.682. The van der Waals surface area contributed by atoms with E-state index in [9.17, 15) is 0 Å². The average molecular weight is 606 g/mol. The number of aromatic nitrogens is 2. The third kappa shape index (κ3) is 2.80. The monoisotopic (exact) mass is 602 g/mol. The summed E-state index contributed by atoms with van der Waals surface area (Å²) in [5.74, 6) is 0.786. The number of H-pyrrole nitrogens is 1. The highest BCUT2D eigenvalue weighted by Gasteiger charge is 2.21. The predicted molar refractivity (Wildman–Crippen MR) is 128 cm³/mol. The van der Waals surface area contributed by atoms with E-state index >= 15 is 0 Å². The molecule has 5 rings (SSSR count). The Morgan fingerprint density at radius 3 is 2.44 bits per heavy atom. The van der Waals surface area contributed by atoms with E-state index in [1.165, 1.54) is 11.3 Å². The molecule has 2 nitrogen and oxygen atoms in total. The lowest BCUT2D eigenvalue weighted by atomic mass is 10.1. The standard InChI is InChI=1S/C19H7Br3Cl2N2S/c20-10-2-1-3-11(21)13(10)19-25-15-8-5-4-7(23)6-9(8)12-14(22)18(24)27-17(12)16(15)26-19/h1-6H,(H,25,26). The molecule has 0 aliphatic heterocycles. The molecule has 0 saturated heterocycles. The van der Waals surface area contributed by atoms with Crippen LogP contribution in [0, 0.1) is 0 Å². The fraction of sp³-hybridized carbons (Fsp3) is 0. The van der Waals surface area contributed by atoms with Gasteiger partial charge in [0.05, 0.1) is 20.2 Å². The van der Waals surface area contributed by atoms with Gasteiger partial charge in [0.1, 0.15) is 10.2 Å². The molecule has 2 heterocycles. The van der Waals surface area contributed by atoms with Gasteiger partial charge in [0.25, 0.3) is 0 Å². The maximum atomic E-state index is 6.46. The normalized spacial score (nSPS) is 11.9. The van der Waals surface area contributed by atoms with Crippen LogP contribution in [0.2, 0.25) is 9.36 Å². The number of fused-ring (bicyclic) bond motifs is 6. The van der Waals surface area contributed by atoms with Crippen molar-refractivity contribution < 1.29 is 0 Å². The second kappa shape index (κ2) is 6.71. The Kier molecular flexibility index (Phi) is 4.58. The summed E-state index contributed by atoms with van der Waals surface area (Å²) in [6.45, 7) is 0. The van der Waals surface area contributed by atoms with Gasteiger partial charge in [0, 0.05) is 30.3 Å². The van der Waals surface area contributed by atoms with Gasteiger partial charge in [-0.1, -0.05) is 35.3 Å². The number of hydrogen-bond donors (Lipinski definition) is 1. The van der Waals surface area contributed by atoms with Crippen molar-refractivity contribution in [2.75, 3.05) is 0 Å². The first kappa shape index (κ1) is 18.4. The van der Waals surface area contributed by atoms with Gasteiger partial charge < -0.3 is 4.98 Å². The highest BCUT2D eigenvalue weighted by molar-refractivity contribution is 9.11. The number of hydrogen-bond acceptors (Lipinski definition) is 2. The number of rotatable bonds is 1. The fourth-order valence-electron chi connectivity index (χ4n) is 3.30. The molecule has 0 radical (unpaired) electrons. The van der Waals surface area contributed by atoms with Crippen molar-refractivity contribution in [2.24, 2.45) is 0 Å². The van der Waals surface area contributed by atoms with E-state index in [-0.39, 0.29) is 0 Å². The molecule has 0 bridgehead atoms. The van der Waals surface area contributed by atoms with Crippen molar-refractivity contribution in [3.8, 4) is 11.4 Å². The Morgan fingerprint density at radius 1 is 0.963 bits per heavy atom. The lowest BCUT2D eigenvalue weighted by Gasteiger charge is -2.03. The number of halogens is 5. The van der Waals surface area contributed by atoms with Crippen LogP contribution < -0.4 is 0 Å². The molecule has 0 spiro atoms. The average Bonchev–Trinajstić information content (AvgIpc) is 3.17. The first-order chi connectivity index (χ1) is 13.0. The van der Waals surface area contributed by atoms with Gasteiger partial charge in [0.15, 0.2) is 0 Å². The molecule has 0 saturated carbocycles. The third-order valence-electron chi connectivity index (χ3n) is 4.45. The number of benzene rings is 3. The van der Waals surface area contributed by atoms with E-state index in [0.29, 0.717) is 9.36 Å². The summed E-state index contributed by atoms with van der Waals surface area (Å²) in [6.07, 6.45) is 0. The molecule has 0 amide bonds. The van der Waals surface area contributed by atoms with E-state index in [1.54, 1.807) is 0 Å². The maximum Gasteiger partial charge on any atom is 0.140 e. The summed E-state index contributed by atoms with van der Waals surface area (Å²) in [7, 11) is 0. The molecule has 2 aromatic heterocycles. The molecular weight excluding hydrogens is 599 g/mol. The number of nitrogens with zero attached hydrogens (tertiary/aromatic N) is 1. The highest BCUT2D eigenvalue weighted by Crippen LogP contribution is 2.47. The van der Waals surface area contributed by atoms with Gasteiger partial charge in [-0.25, -0.2) is 4.98 Å². The fourth-order valence-corrected chi connectivity index (χ4v) is 6.90. The highest BCUT2D eigenvalue weighted by atomic mass is 79.9. The van der Waals surface area contributed by atoms with Crippen molar-refractivity contribution in [3.63, 3.8) is 0 Å². The van der Waals surface area contributed by atoms with Crippen molar-refractivity contribution >= 4 is 114 Å². The van der Waals surface area contributed by atoms with Crippen LogP contribution >= 0.6 is 82.3 Å². The summed E-state index contributed by atoms with van der Waals surface area (Å²) < 4.78 is 4.57. The number of nitrogens with one attached hydrogen (secondary N) is 1. The molecule has 5 aromatic rings. The quantitative estimate of drug-likeness (QED) is 0.203. The van der Waals surface area contributed by atoms with Gasteiger partial charge in [-0.3, -0.25) is 0 Å². The second-order valence-corrected chi connectivity index (χ2v) is 10.6. The second-order valence-electron chi connectivity index (χ2n) is 5.99. The zero-order valence-corrected chi connectivity index (χ0v) is 20.3. The van der Waals surface area contributed by atoms with Gasteiger partial charge in [0.2, 0.25) is 0 Å². The smallest absolute Gasteiger partial charge is 0.140 e. The van der Waals surface area contributed by atoms with Crippen molar-refractivity contribution in [1.82, 2.24) is 9.97 Å². The Balaban J connectivity index is 2.00. The number of aromatic amines is 1. The molecular formula is C19H7Br3Cl2N2S. The van der Waals surface area contributed by atoms with Crippen LogP contribution in [0.1, 0.15) is 0 Å². The van der Waals surface area contributed by atoms with Crippen LogP contribution in [-0.2, 0) is 0 Å². The molecule has 27 heavy (non-hydrogen) atoms. The van der Waals surface area contributed by atoms with E-state index in [4.69, 9.17) is 28.2 Å². The van der Waals surface area contributed by atoms with Gasteiger partial charge in [-0.2, -0.15) is 0 Å². The van der Waals surface area contributed by atoms with Crippen molar-refractivity contribution in [2.45, 2.75) is 0 Å². The summed E-state index contributed by atoms with van der Waals surface area (Å²) in [5, 5.41) is 3.80. The minimum Gasteiger partial charge on any atom is -0.337 e. The molecule has 0 fully saturated rings. The first-order valence-electron chi connectivity index (χ1n) is 7.78. The van der Waals surface area contributed by atoms with Gasteiger partial charge in [-0.15, -0.1) is 11.3 Å². The molecule has 8 heteroatoms. The number of imidazole rings is 1. The van der Waals surface area contributed by atoms with Gasteiger partial charge >= 0.3 is 0 Å². The van der Waals surface area contributed by atoms with Gasteiger partial charge in [-0.05, 0) is 77.4 Å². The van der Waals surface area contributed by atoms with Crippen LogP contribution in [-0.4, -0.2) is 9.97 Å². The zero-order valence-electron chi connectivity index (χ0n) is 13.2. The Hall–Kier alpha value is -0.630. The largest absolute Gasteiger partial charge is 0.337 e. The van der Waals surface area contributed by atoms with Crippen LogP contribution in [0.25, 0.3) is 43.3 Å². The molecule has 0 unspecified atom stereocenters. The lowest BCUT2D eigenvalue weighted by Crippen LogP contribution is -1.84. The SMILES string of the molecule is Clc1ccc2c(c1)c1c(Br)c(Cl)sc1c1[nH]c(-c3c(Br)cccc3Br)nc21. The third-order valence-corrected chi connectivity index (χ3v) is 8.70. The van der Waals surface area contributed by atoms with E-state index in [1.807, 2.05) is 36.4 Å². The first-order valence-corrected chi connectivity index (χ1v) is 11.7. The summed E-state index contributed by atoms with van der Waals surface area (Å²) in [4.78, 5) is 8.45. The van der Waals surface area contributed by atoms with Crippen LogP contribution in [0.3, 0.4) is 0 Å². The Labute approximate surface area is 193 Å². The molecule has 0 atom stereocenters. The summed E-state index contributed by atoms with van der Waals surface area (Å²) in [5.41, 5.74) is 2.85. The van der Waals surface area contributed by atoms with Crippen molar-refractivity contribution in [3.05, 3.63) is 59.2 Å². The van der Waals surface area contributed by atoms with E-state index in [2.05, 4.69) is 52.8 Å². The van der Waals surface area contributed by atoms with Crippen molar-refractivity contribution in [1.29, 1.82) is 0 Å². The molecule has 0 aliphatic rings. The van der Waals surface area contributed by atoms with E-state index < -0.39 is 0 Å². The minimum absolute atomic E-state index is 0.682. The van der Waals surface area contributed by atoms with Crippen LogP contribution in [0.15, 0.2) is 49.8 Å². The predicted octanol–water partition coefficient (Wildman–Crippen LogP) is 9.19. The molecule has 0 aliphatic carbocycles. The molecule has 1 N–H and O–H groups in total. The Bertz CT molecular complexity index is 1370. The zero-order chi connectivity index (χ0) is 18.9. The summed E-state index contributed by atoms with van der Waals surface area (Å²) >= 11 is 25.2. The number of thiophene rings is 1.